The molecule has 2 rings (SSSR count). The summed E-state index contributed by atoms with van der Waals surface area (Å²) < 4.78 is 0. The first-order valence-electron chi connectivity index (χ1n) is 7.05. The van der Waals surface area contributed by atoms with Gasteiger partial charge in [-0.05, 0) is 43.8 Å². The highest BCUT2D eigenvalue weighted by Gasteiger charge is 2.18. The maximum Gasteiger partial charge on any atom is 0.185 e. The van der Waals surface area contributed by atoms with Gasteiger partial charge in [0.15, 0.2) is 5.96 Å². The predicted molar refractivity (Wildman–Crippen MR) is 80.0 cm³/mol. The Balaban J connectivity index is 1.69. The molecule has 0 spiro atoms. The third-order valence-electron chi connectivity index (χ3n) is 3.78. The van der Waals surface area contributed by atoms with Gasteiger partial charge in [0.1, 0.15) is 0 Å². The summed E-state index contributed by atoms with van der Waals surface area (Å²) in [4.78, 5) is 6.49. The van der Waals surface area contributed by atoms with E-state index in [0.717, 1.165) is 25.6 Å². The van der Waals surface area contributed by atoms with Crippen LogP contribution < -0.4 is 11.5 Å². The SMILES string of the molecule is NC(N)=NCCN1CCC(Cc2ccccc2)CC1. The Hall–Kier alpha value is -1.55. The molecule has 0 atom stereocenters. The highest BCUT2D eigenvalue weighted by Crippen LogP contribution is 2.21. The number of guanidine groups is 1. The molecule has 4 heteroatoms. The largest absolute Gasteiger partial charge is 0.370 e. The van der Waals surface area contributed by atoms with E-state index in [4.69, 9.17) is 11.5 Å². The van der Waals surface area contributed by atoms with Crippen LogP contribution in [-0.4, -0.2) is 37.0 Å². The van der Waals surface area contributed by atoms with E-state index in [2.05, 4.69) is 40.2 Å². The van der Waals surface area contributed by atoms with E-state index in [9.17, 15) is 0 Å². The van der Waals surface area contributed by atoms with Crippen LogP contribution in [0.4, 0.5) is 0 Å². The summed E-state index contributed by atoms with van der Waals surface area (Å²) in [5.41, 5.74) is 12.1. The fourth-order valence-corrected chi connectivity index (χ4v) is 2.68. The minimum absolute atomic E-state index is 0.193. The van der Waals surface area contributed by atoms with Crippen molar-refractivity contribution in [1.29, 1.82) is 0 Å². The van der Waals surface area contributed by atoms with Crippen molar-refractivity contribution >= 4 is 5.96 Å². The molecule has 1 aromatic carbocycles. The number of likely N-dealkylation sites (tertiary alicyclic amines) is 1. The molecule has 1 saturated heterocycles. The number of hydrogen-bond donors (Lipinski definition) is 2. The smallest absolute Gasteiger partial charge is 0.185 e. The molecule has 0 amide bonds. The van der Waals surface area contributed by atoms with E-state index in [1.807, 2.05) is 0 Å². The second-order valence-electron chi connectivity index (χ2n) is 5.28. The van der Waals surface area contributed by atoms with Crippen LogP contribution >= 0.6 is 0 Å². The summed E-state index contributed by atoms with van der Waals surface area (Å²) in [6.45, 7) is 4.01. The van der Waals surface area contributed by atoms with Crippen molar-refractivity contribution in [2.45, 2.75) is 19.3 Å². The fraction of sp³-hybridized carbons (Fsp3) is 0.533. The van der Waals surface area contributed by atoms with Crippen molar-refractivity contribution in [3.05, 3.63) is 35.9 Å². The van der Waals surface area contributed by atoms with E-state index in [1.54, 1.807) is 0 Å². The van der Waals surface area contributed by atoms with Crippen molar-refractivity contribution < 1.29 is 0 Å². The standard InChI is InChI=1S/C15H24N4/c16-15(17)18-8-11-19-9-6-14(7-10-19)12-13-4-2-1-3-5-13/h1-5,14H,6-12H2,(H4,16,17,18). The Morgan fingerprint density at radius 1 is 1.16 bits per heavy atom. The van der Waals surface area contributed by atoms with E-state index >= 15 is 0 Å². The molecule has 104 valence electrons. The number of hydrogen-bond acceptors (Lipinski definition) is 2. The van der Waals surface area contributed by atoms with E-state index in [1.165, 1.54) is 24.8 Å². The van der Waals surface area contributed by atoms with Crippen LogP contribution in [0, 0.1) is 5.92 Å². The van der Waals surface area contributed by atoms with E-state index < -0.39 is 0 Å². The summed E-state index contributed by atoms with van der Waals surface area (Å²) in [6.07, 6.45) is 3.76. The zero-order chi connectivity index (χ0) is 13.5. The molecule has 4 N–H and O–H groups in total. The molecule has 1 aliphatic heterocycles. The van der Waals surface area contributed by atoms with Crippen molar-refractivity contribution in [2.75, 3.05) is 26.2 Å². The molecular weight excluding hydrogens is 236 g/mol. The van der Waals surface area contributed by atoms with E-state index in [0.29, 0.717) is 6.54 Å². The second kappa shape index (κ2) is 7.14. The Bertz CT molecular complexity index is 390. The highest BCUT2D eigenvalue weighted by molar-refractivity contribution is 5.75. The molecule has 1 aliphatic rings. The van der Waals surface area contributed by atoms with Crippen LogP contribution in [0.3, 0.4) is 0 Å². The topological polar surface area (TPSA) is 67.6 Å². The van der Waals surface area contributed by atoms with Crippen molar-refractivity contribution in [3.8, 4) is 0 Å². The van der Waals surface area contributed by atoms with Gasteiger partial charge < -0.3 is 16.4 Å². The fourth-order valence-electron chi connectivity index (χ4n) is 2.68. The first-order valence-corrected chi connectivity index (χ1v) is 7.05. The van der Waals surface area contributed by atoms with Gasteiger partial charge in [0.2, 0.25) is 0 Å². The molecule has 19 heavy (non-hydrogen) atoms. The first kappa shape index (κ1) is 13.9. The monoisotopic (exact) mass is 260 g/mol. The molecule has 1 fully saturated rings. The zero-order valence-corrected chi connectivity index (χ0v) is 11.5. The van der Waals surface area contributed by atoms with Gasteiger partial charge in [-0.15, -0.1) is 0 Å². The molecule has 0 unspecified atom stereocenters. The van der Waals surface area contributed by atoms with Gasteiger partial charge in [-0.25, -0.2) is 0 Å². The Morgan fingerprint density at radius 2 is 1.84 bits per heavy atom. The lowest BCUT2D eigenvalue weighted by atomic mass is 9.90. The lowest BCUT2D eigenvalue weighted by molar-refractivity contribution is 0.188. The van der Waals surface area contributed by atoms with Gasteiger partial charge in [0.05, 0.1) is 6.54 Å². The van der Waals surface area contributed by atoms with Crippen LogP contribution in [0.15, 0.2) is 35.3 Å². The quantitative estimate of drug-likeness (QED) is 0.618. The summed E-state index contributed by atoms with van der Waals surface area (Å²) in [5.74, 6) is 1.01. The minimum Gasteiger partial charge on any atom is -0.370 e. The molecular formula is C15H24N4. The summed E-state index contributed by atoms with van der Waals surface area (Å²) in [5, 5.41) is 0. The van der Waals surface area contributed by atoms with Crippen molar-refractivity contribution in [3.63, 3.8) is 0 Å². The molecule has 0 aliphatic carbocycles. The normalized spacial score (nSPS) is 17.3. The van der Waals surface area contributed by atoms with Crippen LogP contribution in [0.2, 0.25) is 0 Å². The Morgan fingerprint density at radius 3 is 2.47 bits per heavy atom. The molecule has 0 radical (unpaired) electrons. The number of piperidine rings is 1. The maximum atomic E-state index is 5.33. The molecule has 1 heterocycles. The van der Waals surface area contributed by atoms with Crippen molar-refractivity contribution in [2.24, 2.45) is 22.4 Å². The lowest BCUT2D eigenvalue weighted by Crippen LogP contribution is -2.36. The number of nitrogens with zero attached hydrogens (tertiary/aromatic N) is 2. The maximum absolute atomic E-state index is 5.33. The second-order valence-corrected chi connectivity index (χ2v) is 5.28. The number of benzene rings is 1. The van der Waals surface area contributed by atoms with Crippen LogP contribution in [0.1, 0.15) is 18.4 Å². The van der Waals surface area contributed by atoms with Gasteiger partial charge in [0, 0.05) is 6.54 Å². The van der Waals surface area contributed by atoms with E-state index in [-0.39, 0.29) is 5.96 Å². The van der Waals surface area contributed by atoms with Crippen LogP contribution in [0.5, 0.6) is 0 Å². The average Bonchev–Trinajstić information content (AvgIpc) is 2.42. The first-order chi connectivity index (χ1) is 9.24. The minimum atomic E-state index is 0.193. The molecule has 0 saturated carbocycles. The third-order valence-corrected chi connectivity index (χ3v) is 3.78. The zero-order valence-electron chi connectivity index (χ0n) is 11.5. The number of nitrogens with two attached hydrogens (primary N) is 2. The van der Waals surface area contributed by atoms with Crippen molar-refractivity contribution in [1.82, 2.24) is 4.90 Å². The Kier molecular flexibility index (Phi) is 5.21. The lowest BCUT2D eigenvalue weighted by Gasteiger charge is -2.31. The average molecular weight is 260 g/mol. The summed E-state index contributed by atoms with van der Waals surface area (Å²) in [6, 6.07) is 10.8. The number of rotatable bonds is 5. The van der Waals surface area contributed by atoms with Gasteiger partial charge >= 0.3 is 0 Å². The molecule has 0 aromatic heterocycles. The Labute approximate surface area is 115 Å². The molecule has 4 nitrogen and oxygen atoms in total. The van der Waals surface area contributed by atoms with Gasteiger partial charge in [0.25, 0.3) is 0 Å². The molecule has 1 aromatic rings. The van der Waals surface area contributed by atoms with Crippen LogP contribution in [-0.2, 0) is 6.42 Å². The number of aliphatic imine (C=N–C) groups is 1. The summed E-state index contributed by atoms with van der Waals surface area (Å²) >= 11 is 0. The predicted octanol–water partition coefficient (Wildman–Crippen LogP) is 1.21. The van der Waals surface area contributed by atoms with Gasteiger partial charge in [-0.2, -0.15) is 0 Å². The third kappa shape index (κ3) is 4.91. The molecule has 0 bridgehead atoms. The van der Waals surface area contributed by atoms with Gasteiger partial charge in [-0.1, -0.05) is 30.3 Å². The summed E-state index contributed by atoms with van der Waals surface area (Å²) in [7, 11) is 0. The van der Waals surface area contributed by atoms with Gasteiger partial charge in [-0.3, -0.25) is 4.99 Å². The highest BCUT2D eigenvalue weighted by atomic mass is 15.1. The van der Waals surface area contributed by atoms with Crippen LogP contribution in [0.25, 0.3) is 0 Å².